The van der Waals surface area contributed by atoms with E-state index < -0.39 is 5.97 Å². The van der Waals surface area contributed by atoms with Crippen LogP contribution in [0, 0.1) is 0 Å². The maximum Gasteiger partial charge on any atom is 2.00 e. The van der Waals surface area contributed by atoms with Crippen molar-refractivity contribution in [2.45, 2.75) is 77.6 Å². The van der Waals surface area contributed by atoms with E-state index in [0.29, 0.717) is 5.56 Å². The predicted molar refractivity (Wildman–Crippen MR) is 107 cm³/mol. The molecule has 0 aromatic heterocycles. The molecule has 1 N–H and O–H groups in total. The first kappa shape index (κ1) is 25.5. The fraction of sp³-hybridized carbons (Fsp3) is 0.632. The number of hydrogen-bond acceptors (Lipinski definition) is 1. The van der Waals surface area contributed by atoms with E-state index in [2.05, 4.69) is 6.92 Å². The largest absolute Gasteiger partial charge is 2.00 e. The van der Waals surface area contributed by atoms with Crippen LogP contribution in [0.15, 0.2) is 24.3 Å². The van der Waals surface area contributed by atoms with Crippen LogP contribution in [0.25, 0.3) is 0 Å². The molecule has 0 amide bonds. The van der Waals surface area contributed by atoms with Crippen LogP contribution in [0.1, 0.15) is 89.9 Å². The van der Waals surface area contributed by atoms with Gasteiger partial charge in [0, 0.05) is 0 Å². The first-order valence-corrected chi connectivity index (χ1v) is 8.57. The SMILES string of the molecule is CCCCCCCCCCCCc1ccccc1C(=O)O.S.[Ca+2].[H-].[H-]. The van der Waals surface area contributed by atoms with Crippen molar-refractivity contribution in [2.24, 2.45) is 0 Å². The average molecular weight is 367 g/mol. The molecule has 2 nitrogen and oxygen atoms in total. The van der Waals surface area contributed by atoms with Gasteiger partial charge in [0.2, 0.25) is 0 Å². The Kier molecular flexibility index (Phi) is 19.0. The summed E-state index contributed by atoms with van der Waals surface area (Å²) in [6, 6.07) is 7.37. The van der Waals surface area contributed by atoms with Gasteiger partial charge in [-0.15, -0.1) is 0 Å². The maximum atomic E-state index is 11.1. The number of hydrogen-bond donors (Lipinski definition) is 1. The molecule has 0 heterocycles. The number of unbranched alkanes of at least 4 members (excludes halogenated alkanes) is 9. The van der Waals surface area contributed by atoms with Gasteiger partial charge in [-0.25, -0.2) is 4.79 Å². The van der Waals surface area contributed by atoms with E-state index in [1.54, 1.807) is 12.1 Å². The van der Waals surface area contributed by atoms with Crippen LogP contribution in [0.2, 0.25) is 0 Å². The molecule has 0 atom stereocenters. The number of aryl methyl sites for hydroxylation is 1. The van der Waals surface area contributed by atoms with Gasteiger partial charge in [0.25, 0.3) is 0 Å². The Labute approximate surface area is 181 Å². The van der Waals surface area contributed by atoms with Crippen molar-refractivity contribution in [3.8, 4) is 0 Å². The van der Waals surface area contributed by atoms with Crippen molar-refractivity contribution in [3.05, 3.63) is 35.4 Å². The van der Waals surface area contributed by atoms with Crippen molar-refractivity contribution >= 4 is 57.2 Å². The van der Waals surface area contributed by atoms with Crippen LogP contribution >= 0.6 is 13.5 Å². The van der Waals surface area contributed by atoms with E-state index in [-0.39, 0.29) is 54.1 Å². The van der Waals surface area contributed by atoms with Crippen LogP contribution in [0.5, 0.6) is 0 Å². The normalized spacial score (nSPS) is 9.78. The number of benzene rings is 1. The first-order chi connectivity index (χ1) is 10.3. The predicted octanol–water partition coefficient (Wildman–Crippen LogP) is 5.81. The molecule has 0 fully saturated rings. The second kappa shape index (κ2) is 17.1. The maximum absolute atomic E-state index is 11.1. The summed E-state index contributed by atoms with van der Waals surface area (Å²) in [6.07, 6.45) is 14.0. The molecule has 0 saturated carbocycles. The van der Waals surface area contributed by atoms with Crippen molar-refractivity contribution < 1.29 is 12.8 Å². The molecular weight excluding hydrogens is 332 g/mol. The second-order valence-electron chi connectivity index (χ2n) is 5.89. The number of carboxylic acid groups (broad SMARTS) is 1. The van der Waals surface area contributed by atoms with Gasteiger partial charge in [0.05, 0.1) is 5.56 Å². The van der Waals surface area contributed by atoms with Crippen LogP contribution in [-0.4, -0.2) is 48.8 Å². The molecule has 0 aliphatic rings. The molecule has 1 aromatic rings. The molecule has 0 bridgehead atoms. The van der Waals surface area contributed by atoms with Gasteiger partial charge in [-0.05, 0) is 24.5 Å². The molecular formula is C19H34CaO2S. The number of carbonyl (C=O) groups is 1. The van der Waals surface area contributed by atoms with Gasteiger partial charge in [-0.1, -0.05) is 82.9 Å². The van der Waals surface area contributed by atoms with E-state index in [9.17, 15) is 4.79 Å². The fourth-order valence-electron chi connectivity index (χ4n) is 2.75. The van der Waals surface area contributed by atoms with Gasteiger partial charge in [-0.2, -0.15) is 13.5 Å². The smallest absolute Gasteiger partial charge is 1.00 e. The van der Waals surface area contributed by atoms with Gasteiger partial charge < -0.3 is 7.96 Å². The molecule has 0 unspecified atom stereocenters. The minimum Gasteiger partial charge on any atom is -1.00 e. The first-order valence-electron chi connectivity index (χ1n) is 8.57. The van der Waals surface area contributed by atoms with Crippen LogP contribution < -0.4 is 0 Å². The third-order valence-corrected chi connectivity index (χ3v) is 4.05. The average Bonchev–Trinajstić information content (AvgIpc) is 2.49. The molecule has 0 saturated heterocycles. The molecule has 0 radical (unpaired) electrons. The van der Waals surface area contributed by atoms with E-state index in [1.165, 1.54) is 57.8 Å². The molecule has 1 rings (SSSR count). The summed E-state index contributed by atoms with van der Waals surface area (Å²) in [5.41, 5.74) is 1.44. The van der Waals surface area contributed by atoms with E-state index >= 15 is 0 Å². The monoisotopic (exact) mass is 366 g/mol. The van der Waals surface area contributed by atoms with E-state index in [4.69, 9.17) is 5.11 Å². The Balaban J connectivity index is -0.000000551. The summed E-state index contributed by atoms with van der Waals surface area (Å²) >= 11 is 0. The van der Waals surface area contributed by atoms with Crippen molar-refractivity contribution in [3.63, 3.8) is 0 Å². The number of carboxylic acids is 1. The fourth-order valence-corrected chi connectivity index (χ4v) is 2.75. The molecule has 0 spiro atoms. The van der Waals surface area contributed by atoms with Crippen molar-refractivity contribution in [2.75, 3.05) is 0 Å². The number of aromatic carboxylic acids is 1. The van der Waals surface area contributed by atoms with E-state index in [0.717, 1.165) is 18.4 Å². The van der Waals surface area contributed by atoms with Gasteiger partial charge in [0.15, 0.2) is 0 Å². The summed E-state index contributed by atoms with van der Waals surface area (Å²) in [4.78, 5) is 11.1. The minimum absolute atomic E-state index is 0. The zero-order valence-electron chi connectivity index (χ0n) is 16.7. The van der Waals surface area contributed by atoms with Crippen molar-refractivity contribution in [1.82, 2.24) is 0 Å². The summed E-state index contributed by atoms with van der Waals surface area (Å²) in [7, 11) is 0. The summed E-state index contributed by atoms with van der Waals surface area (Å²) in [6.45, 7) is 2.25. The zero-order chi connectivity index (χ0) is 15.3. The molecule has 23 heavy (non-hydrogen) atoms. The van der Waals surface area contributed by atoms with Crippen LogP contribution in [-0.2, 0) is 6.42 Å². The summed E-state index contributed by atoms with van der Waals surface area (Å²) in [5, 5.41) is 9.13. The Hall–Kier alpha value is 0.300. The topological polar surface area (TPSA) is 37.3 Å². The molecule has 1 aromatic carbocycles. The molecule has 0 aliphatic heterocycles. The minimum atomic E-state index is -0.808. The quantitative estimate of drug-likeness (QED) is 0.374. The summed E-state index contributed by atoms with van der Waals surface area (Å²) < 4.78 is 0. The Morgan fingerprint density at radius 2 is 1.39 bits per heavy atom. The van der Waals surface area contributed by atoms with Gasteiger partial charge in [0.1, 0.15) is 0 Å². The Bertz CT molecular complexity index is 420. The third-order valence-electron chi connectivity index (χ3n) is 4.05. The van der Waals surface area contributed by atoms with E-state index in [1.807, 2.05) is 12.1 Å². The van der Waals surface area contributed by atoms with Crippen molar-refractivity contribution in [1.29, 1.82) is 0 Å². The zero-order valence-corrected chi connectivity index (χ0v) is 17.9. The Morgan fingerprint density at radius 1 is 0.913 bits per heavy atom. The standard InChI is InChI=1S/C19H30O2.Ca.H2S.2H/c1-2-3-4-5-6-7-8-9-10-11-14-17-15-12-13-16-18(17)19(20)21;;;;/h12-13,15-16H,2-11,14H2,1H3,(H,20,21);;1H2;;/q;+2;;2*-1. The van der Waals surface area contributed by atoms with Crippen LogP contribution in [0.3, 0.4) is 0 Å². The van der Waals surface area contributed by atoms with Gasteiger partial charge in [-0.3, -0.25) is 0 Å². The molecule has 4 heteroatoms. The summed E-state index contributed by atoms with van der Waals surface area (Å²) in [5.74, 6) is -0.808. The van der Waals surface area contributed by atoms with Crippen LogP contribution in [0.4, 0.5) is 0 Å². The Morgan fingerprint density at radius 3 is 1.91 bits per heavy atom. The molecule has 130 valence electrons. The molecule has 0 aliphatic carbocycles. The second-order valence-corrected chi connectivity index (χ2v) is 5.89. The number of rotatable bonds is 12. The third kappa shape index (κ3) is 12.3. The van der Waals surface area contributed by atoms with Gasteiger partial charge >= 0.3 is 43.7 Å².